The molecule has 1 rings (SSSR count). The predicted octanol–water partition coefficient (Wildman–Crippen LogP) is 1.35. The van der Waals surface area contributed by atoms with Gasteiger partial charge in [-0.2, -0.15) is 0 Å². The summed E-state index contributed by atoms with van der Waals surface area (Å²) in [6.07, 6.45) is 0.994. The Morgan fingerprint density at radius 2 is 1.94 bits per heavy atom. The van der Waals surface area contributed by atoms with Crippen molar-refractivity contribution in [2.24, 2.45) is 5.92 Å². The minimum Gasteiger partial charge on any atom is -0.468 e. The van der Waals surface area contributed by atoms with E-state index >= 15 is 0 Å². The van der Waals surface area contributed by atoms with Crippen molar-refractivity contribution in [3.05, 3.63) is 16.1 Å². The fourth-order valence-electron chi connectivity index (χ4n) is 1.46. The Hall–Kier alpha value is -1.43. The van der Waals surface area contributed by atoms with Gasteiger partial charge in [0.15, 0.2) is 5.92 Å². The number of thiazole rings is 1. The third kappa shape index (κ3) is 3.52. The molecule has 0 aromatic carbocycles. The summed E-state index contributed by atoms with van der Waals surface area (Å²) in [5, 5.41) is 0. The lowest BCUT2D eigenvalue weighted by atomic mass is 10.0. The van der Waals surface area contributed by atoms with Crippen LogP contribution in [0, 0.1) is 12.8 Å². The SMILES string of the molecule is COC(=O)C(CCc1scnc1C)C(=O)OC. The first kappa shape index (κ1) is 13.6. The summed E-state index contributed by atoms with van der Waals surface area (Å²) in [5.41, 5.74) is 2.68. The summed E-state index contributed by atoms with van der Waals surface area (Å²) in [5.74, 6) is -1.97. The number of methoxy groups -OCH3 is 2. The molecule has 0 fully saturated rings. The van der Waals surface area contributed by atoms with Crippen molar-refractivity contribution in [2.75, 3.05) is 14.2 Å². The van der Waals surface area contributed by atoms with Crippen LogP contribution in [-0.2, 0) is 25.5 Å². The van der Waals surface area contributed by atoms with Gasteiger partial charge in [-0.05, 0) is 19.8 Å². The highest BCUT2D eigenvalue weighted by Crippen LogP contribution is 2.18. The molecule has 0 N–H and O–H groups in total. The van der Waals surface area contributed by atoms with Gasteiger partial charge in [0.05, 0.1) is 25.4 Å². The molecule has 1 aromatic heterocycles. The van der Waals surface area contributed by atoms with Crippen LogP contribution in [0.1, 0.15) is 17.0 Å². The van der Waals surface area contributed by atoms with Crippen LogP contribution < -0.4 is 0 Å². The smallest absolute Gasteiger partial charge is 0.320 e. The zero-order valence-corrected chi connectivity index (χ0v) is 10.9. The van der Waals surface area contributed by atoms with E-state index in [1.807, 2.05) is 6.92 Å². The molecule has 0 aliphatic rings. The molecule has 0 aliphatic carbocycles. The van der Waals surface area contributed by atoms with E-state index in [9.17, 15) is 9.59 Å². The molecule has 1 aromatic rings. The number of nitrogens with zero attached hydrogens (tertiary/aromatic N) is 1. The summed E-state index contributed by atoms with van der Waals surface area (Å²) < 4.78 is 9.17. The minimum absolute atomic E-state index is 0.377. The predicted molar refractivity (Wildman–Crippen MR) is 62.7 cm³/mol. The second-order valence-corrected chi connectivity index (χ2v) is 4.44. The van der Waals surface area contributed by atoms with E-state index in [1.54, 1.807) is 5.51 Å². The van der Waals surface area contributed by atoms with Crippen LogP contribution in [0.4, 0.5) is 0 Å². The molecule has 0 unspecified atom stereocenters. The lowest BCUT2D eigenvalue weighted by Gasteiger charge is -2.11. The van der Waals surface area contributed by atoms with Gasteiger partial charge >= 0.3 is 11.9 Å². The molecular formula is C11H15NO4S. The second-order valence-electron chi connectivity index (χ2n) is 3.50. The highest BCUT2D eigenvalue weighted by molar-refractivity contribution is 7.09. The van der Waals surface area contributed by atoms with Crippen LogP contribution in [-0.4, -0.2) is 31.1 Å². The molecule has 5 nitrogen and oxygen atoms in total. The molecule has 0 saturated carbocycles. The highest BCUT2D eigenvalue weighted by Gasteiger charge is 2.28. The minimum atomic E-state index is -0.855. The van der Waals surface area contributed by atoms with Crippen LogP contribution >= 0.6 is 11.3 Å². The molecule has 0 atom stereocenters. The number of carbonyl (C=O) groups is 2. The van der Waals surface area contributed by atoms with Gasteiger partial charge in [-0.15, -0.1) is 11.3 Å². The quantitative estimate of drug-likeness (QED) is 0.588. The van der Waals surface area contributed by atoms with Crippen LogP contribution in [0.15, 0.2) is 5.51 Å². The van der Waals surface area contributed by atoms with E-state index in [4.69, 9.17) is 0 Å². The Kier molecular flexibility index (Phi) is 5.09. The topological polar surface area (TPSA) is 65.5 Å². The molecular weight excluding hydrogens is 242 g/mol. The first-order valence-electron chi connectivity index (χ1n) is 5.14. The molecule has 1 heterocycles. The molecule has 94 valence electrons. The average Bonchev–Trinajstić information content (AvgIpc) is 2.74. The van der Waals surface area contributed by atoms with Crippen molar-refractivity contribution in [1.29, 1.82) is 0 Å². The van der Waals surface area contributed by atoms with Crippen molar-refractivity contribution >= 4 is 23.3 Å². The summed E-state index contributed by atoms with van der Waals surface area (Å²) in [7, 11) is 2.52. The number of hydrogen-bond donors (Lipinski definition) is 0. The van der Waals surface area contributed by atoms with E-state index < -0.39 is 17.9 Å². The molecule has 0 radical (unpaired) electrons. The van der Waals surface area contributed by atoms with Crippen molar-refractivity contribution in [3.63, 3.8) is 0 Å². The van der Waals surface area contributed by atoms with Gasteiger partial charge in [0, 0.05) is 4.88 Å². The van der Waals surface area contributed by atoms with Crippen molar-refractivity contribution in [3.8, 4) is 0 Å². The molecule has 0 spiro atoms. The Morgan fingerprint density at radius 3 is 2.35 bits per heavy atom. The van der Waals surface area contributed by atoms with Crippen LogP contribution in [0.5, 0.6) is 0 Å². The number of aromatic nitrogens is 1. The Bertz CT molecular complexity index is 386. The number of esters is 2. The van der Waals surface area contributed by atoms with E-state index in [2.05, 4.69) is 14.5 Å². The summed E-state index contributed by atoms with van der Waals surface area (Å²) in [6, 6.07) is 0. The maximum absolute atomic E-state index is 11.4. The van der Waals surface area contributed by atoms with Crippen molar-refractivity contribution in [1.82, 2.24) is 4.98 Å². The maximum atomic E-state index is 11.4. The molecule has 0 bridgehead atoms. The van der Waals surface area contributed by atoms with Gasteiger partial charge in [0.2, 0.25) is 0 Å². The standard InChI is InChI=1S/C11H15NO4S/c1-7-9(17-6-12-7)5-4-8(10(13)15-2)11(14)16-3/h6,8H,4-5H2,1-3H3. The van der Waals surface area contributed by atoms with Gasteiger partial charge in [-0.1, -0.05) is 0 Å². The van der Waals surface area contributed by atoms with Crippen molar-refractivity contribution < 1.29 is 19.1 Å². The molecule has 17 heavy (non-hydrogen) atoms. The molecule has 0 amide bonds. The van der Waals surface area contributed by atoms with Gasteiger partial charge in [-0.25, -0.2) is 4.98 Å². The third-order valence-electron chi connectivity index (χ3n) is 2.48. The zero-order chi connectivity index (χ0) is 12.8. The summed E-state index contributed by atoms with van der Waals surface area (Å²) >= 11 is 1.51. The lowest BCUT2D eigenvalue weighted by Crippen LogP contribution is -2.27. The van der Waals surface area contributed by atoms with E-state index in [0.717, 1.165) is 10.6 Å². The van der Waals surface area contributed by atoms with Crippen LogP contribution in [0.25, 0.3) is 0 Å². The lowest BCUT2D eigenvalue weighted by molar-refractivity contribution is -0.159. The Morgan fingerprint density at radius 1 is 1.35 bits per heavy atom. The van der Waals surface area contributed by atoms with E-state index in [-0.39, 0.29) is 0 Å². The van der Waals surface area contributed by atoms with Crippen LogP contribution in [0.3, 0.4) is 0 Å². The highest BCUT2D eigenvalue weighted by atomic mass is 32.1. The first-order chi connectivity index (χ1) is 8.10. The Balaban J connectivity index is 2.64. The fraction of sp³-hybridized carbons (Fsp3) is 0.545. The summed E-state index contributed by atoms with van der Waals surface area (Å²) in [4.78, 5) is 28.0. The van der Waals surface area contributed by atoms with Crippen LogP contribution in [0.2, 0.25) is 0 Å². The largest absolute Gasteiger partial charge is 0.468 e. The van der Waals surface area contributed by atoms with Gasteiger partial charge in [-0.3, -0.25) is 9.59 Å². The Labute approximate surface area is 104 Å². The number of rotatable bonds is 5. The molecule has 0 aliphatic heterocycles. The van der Waals surface area contributed by atoms with E-state index in [1.165, 1.54) is 25.6 Å². The zero-order valence-electron chi connectivity index (χ0n) is 10.1. The summed E-state index contributed by atoms with van der Waals surface area (Å²) in [6.45, 7) is 1.90. The van der Waals surface area contributed by atoms with Gasteiger partial charge < -0.3 is 9.47 Å². The number of aryl methyl sites for hydroxylation is 2. The fourth-order valence-corrected chi connectivity index (χ4v) is 2.26. The number of hydrogen-bond acceptors (Lipinski definition) is 6. The molecule has 0 saturated heterocycles. The number of ether oxygens (including phenoxy) is 2. The van der Waals surface area contributed by atoms with E-state index in [0.29, 0.717) is 12.8 Å². The monoisotopic (exact) mass is 257 g/mol. The van der Waals surface area contributed by atoms with Crippen molar-refractivity contribution in [2.45, 2.75) is 19.8 Å². The average molecular weight is 257 g/mol. The first-order valence-corrected chi connectivity index (χ1v) is 6.02. The number of carbonyl (C=O) groups excluding carboxylic acids is 2. The van der Waals surface area contributed by atoms with Gasteiger partial charge in [0.1, 0.15) is 0 Å². The normalized spacial score (nSPS) is 10.4. The second kappa shape index (κ2) is 6.34. The maximum Gasteiger partial charge on any atom is 0.320 e. The molecule has 6 heteroatoms. The third-order valence-corrected chi connectivity index (χ3v) is 3.47. The van der Waals surface area contributed by atoms with Gasteiger partial charge in [0.25, 0.3) is 0 Å².